The van der Waals surface area contributed by atoms with Gasteiger partial charge in [-0.15, -0.1) is 0 Å². The van der Waals surface area contributed by atoms with Crippen molar-refractivity contribution in [3.05, 3.63) is 28.3 Å². The summed E-state index contributed by atoms with van der Waals surface area (Å²) in [5, 5.41) is 8.66. The smallest absolute Gasteiger partial charge is 0.227 e. The van der Waals surface area contributed by atoms with E-state index in [0.29, 0.717) is 0 Å². The quantitative estimate of drug-likeness (QED) is 0.758. The van der Waals surface area contributed by atoms with Crippen LogP contribution in [0.4, 0.5) is 0 Å². The van der Waals surface area contributed by atoms with E-state index in [0.717, 1.165) is 0 Å². The van der Waals surface area contributed by atoms with Crippen molar-refractivity contribution in [2.24, 2.45) is 0 Å². The van der Waals surface area contributed by atoms with E-state index in [1.165, 1.54) is 12.3 Å². The molecule has 0 atom stereocenters. The maximum Gasteiger partial charge on any atom is 0.227 e. The summed E-state index contributed by atoms with van der Waals surface area (Å²) in [6.45, 7) is 3.36. The summed E-state index contributed by atoms with van der Waals surface area (Å²) in [6.07, 6.45) is 1.15. The Morgan fingerprint density at radius 2 is 2.31 bits per heavy atom. The summed E-state index contributed by atoms with van der Waals surface area (Å²) >= 11 is 0. The fourth-order valence-electron chi connectivity index (χ4n) is 0.861. The molecule has 0 unspecified atom stereocenters. The van der Waals surface area contributed by atoms with Gasteiger partial charge < -0.3 is 14.3 Å². The molecule has 1 rings (SSSR count). The third-order valence-electron chi connectivity index (χ3n) is 1.37. The first-order valence-corrected chi connectivity index (χ1v) is 4.02. The molecule has 1 N–H and O–H groups in total. The summed E-state index contributed by atoms with van der Waals surface area (Å²) in [7, 11) is 0. The third-order valence-corrected chi connectivity index (χ3v) is 1.37. The molecule has 0 aliphatic heterocycles. The number of rotatable bonds is 3. The monoisotopic (exact) mass is 184 g/mol. The third kappa shape index (κ3) is 2.59. The molecule has 0 radical (unpaired) electrons. The van der Waals surface area contributed by atoms with Crippen LogP contribution >= 0.6 is 0 Å². The van der Waals surface area contributed by atoms with Crippen molar-refractivity contribution in [1.82, 2.24) is 0 Å². The molecule has 0 aromatic carbocycles. The minimum absolute atomic E-state index is 0.0668. The van der Waals surface area contributed by atoms with Gasteiger partial charge in [-0.2, -0.15) is 0 Å². The molecule has 0 bridgehead atoms. The molecule has 0 aliphatic carbocycles. The Bertz CT molecular complexity index is 327. The van der Waals surface area contributed by atoms with Crippen molar-refractivity contribution in [1.29, 1.82) is 0 Å². The molecule has 4 heteroatoms. The summed E-state index contributed by atoms with van der Waals surface area (Å²) in [5.74, 6) is 0.410. The molecule has 0 spiro atoms. The Labute approximate surface area is 75.8 Å². The average Bonchev–Trinajstić information content (AvgIpc) is 2.08. The van der Waals surface area contributed by atoms with Gasteiger partial charge >= 0.3 is 0 Å². The van der Waals surface area contributed by atoms with Crippen LogP contribution in [-0.4, -0.2) is 11.2 Å². The van der Waals surface area contributed by atoms with Crippen LogP contribution < -0.4 is 10.2 Å². The van der Waals surface area contributed by atoms with Gasteiger partial charge in [-0.1, -0.05) is 0 Å². The van der Waals surface area contributed by atoms with Crippen LogP contribution in [0.25, 0.3) is 0 Å². The van der Waals surface area contributed by atoms with Crippen molar-refractivity contribution in [2.45, 2.75) is 26.6 Å². The second-order valence-electron chi connectivity index (χ2n) is 2.90. The van der Waals surface area contributed by atoms with Crippen molar-refractivity contribution >= 4 is 0 Å². The van der Waals surface area contributed by atoms with E-state index < -0.39 is 0 Å². The highest BCUT2D eigenvalue weighted by Crippen LogP contribution is 2.07. The van der Waals surface area contributed by atoms with E-state index >= 15 is 0 Å². The molecule has 0 fully saturated rings. The number of aliphatic hydroxyl groups is 1. The van der Waals surface area contributed by atoms with E-state index in [4.69, 9.17) is 14.3 Å². The van der Waals surface area contributed by atoms with Gasteiger partial charge in [0.1, 0.15) is 18.6 Å². The van der Waals surface area contributed by atoms with Crippen molar-refractivity contribution < 1.29 is 14.3 Å². The predicted molar refractivity (Wildman–Crippen MR) is 46.7 cm³/mol. The van der Waals surface area contributed by atoms with E-state index in [2.05, 4.69) is 0 Å². The van der Waals surface area contributed by atoms with Crippen LogP contribution in [0.15, 0.2) is 21.5 Å². The van der Waals surface area contributed by atoms with Gasteiger partial charge in [-0.3, -0.25) is 4.79 Å². The predicted octanol–water partition coefficient (Wildman–Crippen LogP) is 0.919. The zero-order valence-electron chi connectivity index (χ0n) is 7.61. The van der Waals surface area contributed by atoms with E-state index in [-0.39, 0.29) is 29.6 Å². The Morgan fingerprint density at radius 1 is 1.62 bits per heavy atom. The highest BCUT2D eigenvalue weighted by molar-refractivity contribution is 5.17. The van der Waals surface area contributed by atoms with Gasteiger partial charge in [-0.05, 0) is 13.8 Å². The fraction of sp³-hybridized carbons (Fsp3) is 0.444. The topological polar surface area (TPSA) is 59.7 Å². The van der Waals surface area contributed by atoms with Crippen LogP contribution in [0.3, 0.4) is 0 Å². The maximum atomic E-state index is 11.2. The first kappa shape index (κ1) is 9.80. The molecular formula is C9H12O4. The van der Waals surface area contributed by atoms with E-state index in [1.54, 1.807) is 0 Å². The Balaban J connectivity index is 2.92. The summed E-state index contributed by atoms with van der Waals surface area (Å²) in [4.78, 5) is 11.2. The second-order valence-corrected chi connectivity index (χ2v) is 2.90. The number of hydrogen-bond acceptors (Lipinski definition) is 4. The zero-order chi connectivity index (χ0) is 9.84. The van der Waals surface area contributed by atoms with Crippen LogP contribution in [0, 0.1) is 0 Å². The fourth-order valence-corrected chi connectivity index (χ4v) is 0.861. The van der Waals surface area contributed by atoms with E-state index in [1.807, 2.05) is 13.8 Å². The Kier molecular flexibility index (Phi) is 3.08. The first-order valence-electron chi connectivity index (χ1n) is 4.02. The molecule has 1 aromatic heterocycles. The van der Waals surface area contributed by atoms with Crippen LogP contribution in [0.5, 0.6) is 5.75 Å². The normalized spacial score (nSPS) is 10.5. The van der Waals surface area contributed by atoms with Gasteiger partial charge in [0.2, 0.25) is 11.2 Å². The largest absolute Gasteiger partial charge is 0.484 e. The Hall–Kier alpha value is -1.29. The van der Waals surface area contributed by atoms with Crippen LogP contribution in [0.2, 0.25) is 0 Å². The molecule has 0 saturated heterocycles. The van der Waals surface area contributed by atoms with Gasteiger partial charge in [0.15, 0.2) is 0 Å². The molecule has 13 heavy (non-hydrogen) atoms. The summed E-state index contributed by atoms with van der Waals surface area (Å²) < 4.78 is 10.1. The van der Waals surface area contributed by atoms with Crippen molar-refractivity contribution in [2.75, 3.05) is 0 Å². The highest BCUT2D eigenvalue weighted by atomic mass is 16.5. The number of aliphatic hydroxyl groups excluding tert-OH is 1. The second kappa shape index (κ2) is 4.09. The minimum Gasteiger partial charge on any atom is -0.484 e. The lowest BCUT2D eigenvalue weighted by Crippen LogP contribution is -2.13. The first-order chi connectivity index (χ1) is 6.13. The van der Waals surface area contributed by atoms with Crippen molar-refractivity contribution in [3.8, 4) is 5.75 Å². The average molecular weight is 184 g/mol. The molecule has 0 aliphatic rings. The summed E-state index contributed by atoms with van der Waals surface area (Å²) in [6, 6.07) is 1.22. The standard InChI is InChI=1S/C9H12O4/c1-6(2)13-9-5-12-7(4-10)3-8(9)11/h3,5-6,10H,4H2,1-2H3. The molecular weight excluding hydrogens is 172 g/mol. The molecule has 1 aromatic rings. The number of hydrogen-bond donors (Lipinski definition) is 1. The summed E-state index contributed by atoms with van der Waals surface area (Å²) in [5.41, 5.74) is -0.274. The van der Waals surface area contributed by atoms with Gasteiger partial charge in [0.05, 0.1) is 6.10 Å². The van der Waals surface area contributed by atoms with Crippen LogP contribution in [-0.2, 0) is 6.61 Å². The molecule has 0 amide bonds. The molecule has 4 nitrogen and oxygen atoms in total. The minimum atomic E-state index is -0.281. The zero-order valence-corrected chi connectivity index (χ0v) is 7.61. The molecule has 72 valence electrons. The lowest BCUT2D eigenvalue weighted by Gasteiger charge is -2.07. The lowest BCUT2D eigenvalue weighted by atomic mass is 10.4. The maximum absolute atomic E-state index is 11.2. The van der Waals surface area contributed by atoms with Crippen LogP contribution in [0.1, 0.15) is 19.6 Å². The molecule has 0 saturated carbocycles. The van der Waals surface area contributed by atoms with Gasteiger partial charge in [-0.25, -0.2) is 0 Å². The Morgan fingerprint density at radius 3 is 2.77 bits per heavy atom. The van der Waals surface area contributed by atoms with Gasteiger partial charge in [0.25, 0.3) is 0 Å². The highest BCUT2D eigenvalue weighted by Gasteiger charge is 2.05. The van der Waals surface area contributed by atoms with E-state index in [9.17, 15) is 4.79 Å². The van der Waals surface area contributed by atoms with Gasteiger partial charge in [0, 0.05) is 6.07 Å². The van der Waals surface area contributed by atoms with Crippen molar-refractivity contribution in [3.63, 3.8) is 0 Å². The lowest BCUT2D eigenvalue weighted by molar-refractivity contribution is 0.218. The SMILES string of the molecule is CC(C)Oc1coc(CO)cc1=O. The molecule has 1 heterocycles. The number of ether oxygens (including phenoxy) is 1.